The molecule has 4 rings (SSSR count). The first kappa shape index (κ1) is 20.4. The maximum atomic E-state index is 12.3. The van der Waals surface area contributed by atoms with Gasteiger partial charge in [-0.3, -0.25) is 19.5 Å². The first-order chi connectivity index (χ1) is 15.0. The number of thioether (sulfide) groups is 1. The smallest absolute Gasteiger partial charge is 0.270 e. The summed E-state index contributed by atoms with van der Waals surface area (Å²) in [5.74, 6) is 0.804. The Labute approximate surface area is 181 Å². The summed E-state index contributed by atoms with van der Waals surface area (Å²) in [7, 11) is 0. The normalized spacial score (nSPS) is 10.7. The van der Waals surface area contributed by atoms with Crippen LogP contribution in [0.15, 0.2) is 76.5 Å². The van der Waals surface area contributed by atoms with E-state index in [1.807, 2.05) is 34.9 Å². The van der Waals surface area contributed by atoms with Gasteiger partial charge in [-0.05, 0) is 19.1 Å². The fourth-order valence-corrected chi connectivity index (χ4v) is 3.77. The molecule has 0 unspecified atom stereocenters. The standard InChI is InChI=1S/C21H17N5O4S/c1-14-10-19(24-30-14)23-20(27)13-31-21-22-12-18(25(21)16-7-3-2-4-8-16)15-6-5-9-17(11-15)26(28)29/h2-12H,13H2,1H3,(H,23,24,27). The molecule has 2 aromatic heterocycles. The molecule has 1 N–H and O–H groups in total. The number of amides is 1. The van der Waals surface area contributed by atoms with E-state index in [4.69, 9.17) is 4.52 Å². The lowest BCUT2D eigenvalue weighted by Gasteiger charge is -2.12. The van der Waals surface area contributed by atoms with Crippen molar-refractivity contribution in [1.82, 2.24) is 14.7 Å². The summed E-state index contributed by atoms with van der Waals surface area (Å²) in [6, 6.07) is 17.5. The lowest BCUT2D eigenvalue weighted by molar-refractivity contribution is -0.384. The number of benzene rings is 2. The topological polar surface area (TPSA) is 116 Å². The highest BCUT2D eigenvalue weighted by Crippen LogP contribution is 2.31. The van der Waals surface area contributed by atoms with Gasteiger partial charge in [0, 0.05) is 29.4 Å². The number of para-hydroxylation sites is 1. The third-order valence-corrected chi connectivity index (χ3v) is 5.28. The minimum atomic E-state index is -0.432. The lowest BCUT2D eigenvalue weighted by atomic mass is 10.1. The summed E-state index contributed by atoms with van der Waals surface area (Å²) in [4.78, 5) is 27.5. The molecule has 31 heavy (non-hydrogen) atoms. The van der Waals surface area contributed by atoms with E-state index in [0.717, 1.165) is 5.69 Å². The van der Waals surface area contributed by atoms with Crippen molar-refractivity contribution in [1.29, 1.82) is 0 Å². The number of anilines is 1. The van der Waals surface area contributed by atoms with Crippen LogP contribution in [0.25, 0.3) is 16.9 Å². The third-order valence-electron chi connectivity index (χ3n) is 4.32. The predicted molar refractivity (Wildman–Crippen MR) is 116 cm³/mol. The van der Waals surface area contributed by atoms with Gasteiger partial charge in [-0.2, -0.15) is 0 Å². The Balaban J connectivity index is 1.63. The second-order valence-electron chi connectivity index (χ2n) is 6.56. The van der Waals surface area contributed by atoms with E-state index in [1.165, 1.54) is 23.9 Å². The van der Waals surface area contributed by atoms with Crippen LogP contribution in [0.1, 0.15) is 5.76 Å². The second-order valence-corrected chi connectivity index (χ2v) is 7.51. The zero-order valence-electron chi connectivity index (χ0n) is 16.4. The Morgan fingerprint density at radius 2 is 2.00 bits per heavy atom. The molecule has 0 radical (unpaired) electrons. The van der Waals surface area contributed by atoms with Crippen molar-refractivity contribution in [2.45, 2.75) is 12.1 Å². The van der Waals surface area contributed by atoms with Gasteiger partial charge < -0.3 is 9.84 Å². The summed E-state index contributed by atoms with van der Waals surface area (Å²) < 4.78 is 6.82. The Hall–Kier alpha value is -3.92. The molecule has 0 saturated heterocycles. The second kappa shape index (κ2) is 8.84. The van der Waals surface area contributed by atoms with Crippen LogP contribution in [0, 0.1) is 17.0 Å². The molecule has 9 nitrogen and oxygen atoms in total. The molecule has 0 aliphatic carbocycles. The summed E-state index contributed by atoms with van der Waals surface area (Å²) in [6.45, 7) is 1.74. The average Bonchev–Trinajstić information content (AvgIpc) is 3.39. The molecule has 1 amide bonds. The van der Waals surface area contributed by atoms with Crippen molar-refractivity contribution in [3.63, 3.8) is 0 Å². The number of nitro benzene ring substituents is 1. The fourth-order valence-electron chi connectivity index (χ4n) is 2.98. The SMILES string of the molecule is Cc1cc(NC(=O)CSc2ncc(-c3cccc([N+](=O)[O-])c3)n2-c2ccccc2)no1. The van der Waals surface area contributed by atoms with Gasteiger partial charge in [0.2, 0.25) is 5.91 Å². The molecule has 0 bridgehead atoms. The zero-order chi connectivity index (χ0) is 21.8. The van der Waals surface area contributed by atoms with Crippen molar-refractivity contribution < 1.29 is 14.2 Å². The van der Waals surface area contributed by atoms with Crippen LogP contribution >= 0.6 is 11.8 Å². The molecule has 0 fully saturated rings. The van der Waals surface area contributed by atoms with E-state index >= 15 is 0 Å². The van der Waals surface area contributed by atoms with Gasteiger partial charge in [-0.15, -0.1) is 0 Å². The van der Waals surface area contributed by atoms with Gasteiger partial charge in [0.25, 0.3) is 5.69 Å². The molecule has 2 heterocycles. The zero-order valence-corrected chi connectivity index (χ0v) is 17.2. The number of non-ortho nitro benzene ring substituents is 1. The highest BCUT2D eigenvalue weighted by molar-refractivity contribution is 7.99. The number of nitrogens with one attached hydrogen (secondary N) is 1. The largest absolute Gasteiger partial charge is 0.360 e. The van der Waals surface area contributed by atoms with Crippen molar-refractivity contribution in [3.05, 3.63) is 82.7 Å². The van der Waals surface area contributed by atoms with Gasteiger partial charge in [-0.25, -0.2) is 4.98 Å². The molecular weight excluding hydrogens is 418 g/mol. The number of carbonyl (C=O) groups excluding carboxylic acids is 1. The minimum Gasteiger partial charge on any atom is -0.360 e. The Morgan fingerprint density at radius 3 is 2.71 bits per heavy atom. The van der Waals surface area contributed by atoms with E-state index in [-0.39, 0.29) is 17.3 Å². The molecule has 2 aromatic carbocycles. The van der Waals surface area contributed by atoms with Gasteiger partial charge in [0.15, 0.2) is 11.0 Å². The van der Waals surface area contributed by atoms with Crippen LogP contribution in [0.5, 0.6) is 0 Å². The highest BCUT2D eigenvalue weighted by atomic mass is 32.2. The summed E-state index contributed by atoms with van der Waals surface area (Å²) in [5, 5.41) is 18.2. The quantitative estimate of drug-likeness (QED) is 0.258. The molecule has 0 aliphatic heterocycles. The number of aromatic nitrogens is 3. The van der Waals surface area contributed by atoms with E-state index in [0.29, 0.717) is 28.0 Å². The highest BCUT2D eigenvalue weighted by Gasteiger charge is 2.17. The van der Waals surface area contributed by atoms with Crippen LogP contribution in [0.2, 0.25) is 0 Å². The summed E-state index contributed by atoms with van der Waals surface area (Å²) >= 11 is 1.25. The number of rotatable bonds is 7. The number of hydrogen-bond acceptors (Lipinski definition) is 7. The molecule has 0 aliphatic rings. The van der Waals surface area contributed by atoms with E-state index in [9.17, 15) is 14.9 Å². The van der Waals surface area contributed by atoms with Gasteiger partial charge >= 0.3 is 0 Å². The molecule has 156 valence electrons. The average molecular weight is 435 g/mol. The van der Waals surface area contributed by atoms with Crippen LogP contribution in [0.3, 0.4) is 0 Å². The number of imidazole rings is 1. The Morgan fingerprint density at radius 1 is 1.19 bits per heavy atom. The minimum absolute atomic E-state index is 0.00482. The van der Waals surface area contributed by atoms with Crippen molar-refractivity contribution >= 4 is 29.2 Å². The number of nitrogens with zero attached hydrogens (tertiary/aromatic N) is 4. The molecule has 4 aromatic rings. The molecular formula is C21H17N5O4S. The van der Waals surface area contributed by atoms with E-state index in [1.54, 1.807) is 31.3 Å². The first-order valence-corrected chi connectivity index (χ1v) is 10.2. The van der Waals surface area contributed by atoms with Gasteiger partial charge in [0.1, 0.15) is 5.76 Å². The van der Waals surface area contributed by atoms with Gasteiger partial charge in [0.05, 0.1) is 22.6 Å². The van der Waals surface area contributed by atoms with Gasteiger partial charge in [-0.1, -0.05) is 47.3 Å². The Bertz CT molecular complexity index is 1240. The Kier molecular flexibility index (Phi) is 5.80. The van der Waals surface area contributed by atoms with Crippen molar-refractivity contribution in [2.75, 3.05) is 11.1 Å². The molecule has 10 heteroatoms. The molecule has 0 saturated carbocycles. The third kappa shape index (κ3) is 4.64. The summed E-state index contributed by atoms with van der Waals surface area (Å²) in [5.41, 5.74) is 2.16. The van der Waals surface area contributed by atoms with E-state index < -0.39 is 4.92 Å². The number of nitro groups is 1. The van der Waals surface area contributed by atoms with E-state index in [2.05, 4.69) is 15.5 Å². The maximum Gasteiger partial charge on any atom is 0.270 e. The monoisotopic (exact) mass is 435 g/mol. The number of hydrogen-bond donors (Lipinski definition) is 1. The maximum absolute atomic E-state index is 12.3. The van der Waals surface area contributed by atoms with Crippen LogP contribution < -0.4 is 5.32 Å². The van der Waals surface area contributed by atoms with Crippen LogP contribution in [0.4, 0.5) is 11.5 Å². The number of aryl methyl sites for hydroxylation is 1. The van der Waals surface area contributed by atoms with Crippen LogP contribution in [-0.4, -0.2) is 31.3 Å². The number of carbonyl (C=O) groups is 1. The van der Waals surface area contributed by atoms with Crippen molar-refractivity contribution in [2.24, 2.45) is 0 Å². The predicted octanol–water partition coefficient (Wildman–Crippen LogP) is 4.47. The summed E-state index contributed by atoms with van der Waals surface area (Å²) in [6.07, 6.45) is 1.65. The molecule has 0 spiro atoms. The molecule has 0 atom stereocenters. The van der Waals surface area contributed by atoms with Crippen LogP contribution in [-0.2, 0) is 4.79 Å². The fraction of sp³-hybridized carbons (Fsp3) is 0.0952. The first-order valence-electron chi connectivity index (χ1n) is 9.25. The lowest BCUT2D eigenvalue weighted by Crippen LogP contribution is -2.14. The van der Waals surface area contributed by atoms with Crippen molar-refractivity contribution in [3.8, 4) is 16.9 Å².